The summed E-state index contributed by atoms with van der Waals surface area (Å²) in [6, 6.07) is 9.32. The van der Waals surface area contributed by atoms with E-state index in [0.29, 0.717) is 16.6 Å². The van der Waals surface area contributed by atoms with Gasteiger partial charge >= 0.3 is 12.3 Å². The maximum absolute atomic E-state index is 14.6. The van der Waals surface area contributed by atoms with E-state index in [9.17, 15) is 27.2 Å². The Kier molecular flexibility index (Phi) is 10.6. The van der Waals surface area contributed by atoms with E-state index >= 15 is 0 Å². The number of rotatable bonds is 10. The molecule has 5 rings (SSSR count). The number of carbonyl (C=O) groups is 2. The lowest BCUT2D eigenvalue weighted by Crippen LogP contribution is -2.43. The van der Waals surface area contributed by atoms with Gasteiger partial charge < -0.3 is 30.2 Å². The lowest BCUT2D eigenvalue weighted by atomic mass is 10.0. The van der Waals surface area contributed by atoms with E-state index in [-0.39, 0.29) is 59.3 Å². The summed E-state index contributed by atoms with van der Waals surface area (Å²) in [7, 11) is 1.35. The maximum Gasteiger partial charge on any atom is 0.508 e. The number of nitrogens with one attached hydrogen (secondary N) is 3. The first-order valence-corrected chi connectivity index (χ1v) is 15.6. The van der Waals surface area contributed by atoms with Crippen LogP contribution in [-0.4, -0.2) is 81.7 Å². The SMILES string of the molecule is CNC(=O)c1cc(OCC#N)c(NCC#Cc2sc3c(NC4CCN(CC5COC(=O)O5)CC4)cccc3c2CC(F)(F)F)cc1F. The molecule has 1 amide bonds. The van der Waals surface area contributed by atoms with Gasteiger partial charge in [-0.25, -0.2) is 9.18 Å². The highest BCUT2D eigenvalue weighted by atomic mass is 32.1. The van der Waals surface area contributed by atoms with E-state index in [0.717, 1.165) is 43.8 Å². The van der Waals surface area contributed by atoms with Crippen LogP contribution in [-0.2, 0) is 15.9 Å². The van der Waals surface area contributed by atoms with Crippen LogP contribution in [0.3, 0.4) is 0 Å². The van der Waals surface area contributed by atoms with Gasteiger partial charge in [0.15, 0.2) is 12.7 Å². The number of alkyl halides is 3. The smallest absolute Gasteiger partial charge is 0.477 e. The van der Waals surface area contributed by atoms with Gasteiger partial charge in [0.2, 0.25) is 0 Å². The zero-order chi connectivity index (χ0) is 33.6. The third-order valence-electron chi connectivity index (χ3n) is 7.66. The molecule has 2 aliphatic heterocycles. The largest absolute Gasteiger partial charge is 0.508 e. The van der Waals surface area contributed by atoms with E-state index in [1.54, 1.807) is 18.2 Å². The van der Waals surface area contributed by atoms with Crippen LogP contribution in [0.1, 0.15) is 33.6 Å². The monoisotopic (exact) mass is 673 g/mol. The molecular weight excluding hydrogens is 642 g/mol. The van der Waals surface area contributed by atoms with Gasteiger partial charge in [-0.15, -0.1) is 11.3 Å². The van der Waals surface area contributed by atoms with Crippen LogP contribution < -0.4 is 20.7 Å². The number of halogens is 4. The average molecular weight is 674 g/mol. The van der Waals surface area contributed by atoms with Gasteiger partial charge in [-0.05, 0) is 35.9 Å². The van der Waals surface area contributed by atoms with Crippen molar-refractivity contribution < 1.29 is 41.4 Å². The number of hydrogen-bond acceptors (Lipinski definition) is 10. The normalized spacial score (nSPS) is 16.9. The molecule has 2 saturated heterocycles. The van der Waals surface area contributed by atoms with Crippen LogP contribution >= 0.6 is 11.3 Å². The molecule has 1 aromatic heterocycles. The summed E-state index contributed by atoms with van der Waals surface area (Å²) in [6.07, 6.45) is -4.97. The van der Waals surface area contributed by atoms with Gasteiger partial charge in [0.05, 0.1) is 39.5 Å². The highest BCUT2D eigenvalue weighted by Crippen LogP contribution is 2.39. The lowest BCUT2D eigenvalue weighted by molar-refractivity contribution is -0.126. The van der Waals surface area contributed by atoms with E-state index in [2.05, 4.69) is 32.7 Å². The molecule has 15 heteroatoms. The molecule has 3 N–H and O–H groups in total. The number of ether oxygens (including phenoxy) is 3. The van der Waals surface area contributed by atoms with E-state index in [1.807, 2.05) is 6.07 Å². The molecule has 0 aliphatic carbocycles. The zero-order valence-corrected chi connectivity index (χ0v) is 26.1. The fourth-order valence-corrected chi connectivity index (χ4v) is 6.65. The minimum atomic E-state index is -4.46. The minimum Gasteiger partial charge on any atom is -0.477 e. The van der Waals surface area contributed by atoms with Crippen LogP contribution in [0.2, 0.25) is 0 Å². The molecule has 3 aromatic rings. The summed E-state index contributed by atoms with van der Waals surface area (Å²) in [5, 5.41) is 18.1. The van der Waals surface area contributed by atoms with Crippen LogP contribution in [0.5, 0.6) is 5.75 Å². The second kappa shape index (κ2) is 14.8. The Labute approximate surface area is 271 Å². The van der Waals surface area contributed by atoms with Crippen molar-refractivity contribution in [3.63, 3.8) is 0 Å². The first-order valence-electron chi connectivity index (χ1n) is 14.8. The van der Waals surface area contributed by atoms with Gasteiger partial charge in [-0.2, -0.15) is 18.4 Å². The standard InChI is InChI=1S/C32H31F4N5O5S/c1-38-30(42)22-14-27(44-13-9-37)26(15-24(22)33)39-10-3-6-28-23(16-32(34,35)36)21-4-2-5-25(29(21)47-28)40-19-7-11-41(12-8-19)17-20-18-45-31(43)46-20/h2,4-5,14-15,19-20,39-40H,7-8,10-13,16-18H2,1H3,(H,38,42). The van der Waals surface area contributed by atoms with Crippen molar-refractivity contribution >= 4 is 44.9 Å². The molecule has 0 saturated carbocycles. The number of nitrogens with zero attached hydrogens (tertiary/aromatic N) is 2. The molecule has 0 bridgehead atoms. The van der Waals surface area contributed by atoms with Crippen LogP contribution in [0.25, 0.3) is 10.1 Å². The first-order chi connectivity index (χ1) is 22.5. The van der Waals surface area contributed by atoms with Crippen molar-refractivity contribution in [2.75, 3.05) is 57.1 Å². The van der Waals surface area contributed by atoms with Crippen LogP contribution in [0.15, 0.2) is 30.3 Å². The zero-order valence-electron chi connectivity index (χ0n) is 25.3. The van der Waals surface area contributed by atoms with Crippen molar-refractivity contribution in [2.45, 2.75) is 37.6 Å². The second-order valence-corrected chi connectivity index (χ2v) is 11.9. The molecule has 0 spiro atoms. The molecule has 1 unspecified atom stereocenters. The Bertz CT molecular complexity index is 1740. The van der Waals surface area contributed by atoms with Gasteiger partial charge in [0, 0.05) is 38.8 Å². The van der Waals surface area contributed by atoms with E-state index in [1.165, 1.54) is 18.4 Å². The maximum atomic E-state index is 14.6. The minimum absolute atomic E-state index is 0.0468. The second-order valence-electron chi connectivity index (χ2n) is 10.9. The van der Waals surface area contributed by atoms with E-state index in [4.69, 9.17) is 19.5 Å². The Morgan fingerprint density at radius 1 is 1.21 bits per heavy atom. The van der Waals surface area contributed by atoms with Gasteiger partial charge in [-0.3, -0.25) is 9.69 Å². The van der Waals surface area contributed by atoms with Crippen LogP contribution in [0.4, 0.5) is 33.7 Å². The summed E-state index contributed by atoms with van der Waals surface area (Å²) in [5.74, 6) is 4.21. The Hall–Kier alpha value is -4.73. The first kappa shape index (κ1) is 33.6. The number of anilines is 2. The summed E-state index contributed by atoms with van der Waals surface area (Å²) in [6.45, 7) is 1.90. The van der Waals surface area contributed by atoms with Crippen molar-refractivity contribution in [3.8, 4) is 23.7 Å². The summed E-state index contributed by atoms with van der Waals surface area (Å²) in [4.78, 5) is 25.7. The molecular formula is C32H31F4N5O5S. The molecule has 2 aliphatic rings. The van der Waals surface area contributed by atoms with Gasteiger partial charge in [0.25, 0.3) is 5.91 Å². The molecule has 2 fully saturated rings. The summed E-state index contributed by atoms with van der Waals surface area (Å²) >= 11 is 1.17. The number of amides is 1. The highest BCUT2D eigenvalue weighted by Gasteiger charge is 2.32. The average Bonchev–Trinajstić information content (AvgIpc) is 3.61. The van der Waals surface area contributed by atoms with Crippen molar-refractivity contribution in [2.24, 2.45) is 0 Å². The number of fused-ring (bicyclic) bond motifs is 1. The number of thiophene rings is 1. The summed E-state index contributed by atoms with van der Waals surface area (Å²) in [5.41, 5.74) is 0.655. The predicted octanol–water partition coefficient (Wildman–Crippen LogP) is 5.28. The highest BCUT2D eigenvalue weighted by molar-refractivity contribution is 7.20. The van der Waals surface area contributed by atoms with Crippen molar-refractivity contribution in [3.05, 3.63) is 52.2 Å². The third-order valence-corrected chi connectivity index (χ3v) is 8.85. The molecule has 3 heterocycles. The molecule has 0 radical (unpaired) electrons. The Morgan fingerprint density at radius 3 is 2.68 bits per heavy atom. The lowest BCUT2D eigenvalue weighted by Gasteiger charge is -2.33. The van der Waals surface area contributed by atoms with E-state index < -0.39 is 30.5 Å². The van der Waals surface area contributed by atoms with Crippen LogP contribution in [0, 0.1) is 29.0 Å². The number of hydrogen-bond donors (Lipinski definition) is 3. The number of nitriles is 1. The van der Waals surface area contributed by atoms with Crippen molar-refractivity contribution in [1.82, 2.24) is 10.2 Å². The molecule has 10 nitrogen and oxygen atoms in total. The quantitative estimate of drug-likeness (QED) is 0.150. The fourth-order valence-electron chi connectivity index (χ4n) is 5.48. The number of likely N-dealkylation sites (tertiary alicyclic amines) is 1. The molecule has 47 heavy (non-hydrogen) atoms. The molecule has 2 aromatic carbocycles. The van der Waals surface area contributed by atoms with Gasteiger partial charge in [0.1, 0.15) is 24.2 Å². The fraction of sp³-hybridized carbons (Fsp3) is 0.406. The third kappa shape index (κ3) is 8.55. The Balaban J connectivity index is 1.32. The number of benzene rings is 2. The molecule has 248 valence electrons. The number of carbonyl (C=O) groups excluding carboxylic acids is 2. The Morgan fingerprint density at radius 2 is 2.00 bits per heavy atom. The number of cyclic esters (lactones) is 2. The molecule has 1 atom stereocenters. The topological polar surface area (TPSA) is 125 Å². The summed E-state index contributed by atoms with van der Waals surface area (Å²) < 4.78 is 71.7. The predicted molar refractivity (Wildman–Crippen MR) is 167 cm³/mol. The number of piperidine rings is 1. The van der Waals surface area contributed by atoms with Gasteiger partial charge in [-0.1, -0.05) is 24.0 Å². The van der Waals surface area contributed by atoms with Crippen molar-refractivity contribution in [1.29, 1.82) is 5.26 Å².